The smallest absolute Gasteiger partial charge is 0.246 e. The van der Waals surface area contributed by atoms with Gasteiger partial charge in [0.05, 0.1) is 10.0 Å². The van der Waals surface area contributed by atoms with Gasteiger partial charge >= 0.3 is 0 Å². The maximum Gasteiger partial charge on any atom is 0.246 e. The first-order valence-electron chi connectivity index (χ1n) is 10.1. The van der Waals surface area contributed by atoms with Crippen LogP contribution in [0.2, 0.25) is 10.0 Å². The van der Waals surface area contributed by atoms with Crippen LogP contribution in [0.5, 0.6) is 0 Å². The molecule has 2 aromatic rings. The van der Waals surface area contributed by atoms with Crippen LogP contribution in [0.3, 0.4) is 0 Å². The average molecular weight is 469 g/mol. The Morgan fingerprint density at radius 3 is 2.23 bits per heavy atom. The Hall–Kier alpha value is -1.60. The lowest BCUT2D eigenvalue weighted by atomic mass is 9.94. The summed E-state index contributed by atoms with van der Waals surface area (Å²) in [5, 5.41) is 3.27. The molecular formula is C22H26Cl2N2O3S. The number of benzene rings is 2. The molecule has 30 heavy (non-hydrogen) atoms. The van der Waals surface area contributed by atoms with Crippen LogP contribution in [0.25, 0.3) is 0 Å². The zero-order chi connectivity index (χ0) is 21.7. The lowest BCUT2D eigenvalue weighted by molar-refractivity contribution is -0.126. The second-order valence-electron chi connectivity index (χ2n) is 7.49. The quantitative estimate of drug-likeness (QED) is 0.639. The third kappa shape index (κ3) is 5.17. The van der Waals surface area contributed by atoms with Crippen LogP contribution in [-0.4, -0.2) is 38.3 Å². The van der Waals surface area contributed by atoms with Crippen LogP contribution in [0.1, 0.15) is 37.7 Å². The second-order valence-corrected chi connectivity index (χ2v) is 10.2. The molecule has 0 spiro atoms. The molecule has 1 aliphatic heterocycles. The Morgan fingerprint density at radius 2 is 1.67 bits per heavy atom. The zero-order valence-corrected chi connectivity index (χ0v) is 19.2. The minimum atomic E-state index is -3.80. The number of nitrogens with one attached hydrogen (secondary N) is 1. The lowest BCUT2D eigenvalue weighted by Gasteiger charge is -2.31. The highest BCUT2D eigenvalue weighted by molar-refractivity contribution is 7.89. The van der Waals surface area contributed by atoms with E-state index in [-0.39, 0.29) is 45.8 Å². The molecule has 0 radical (unpaired) electrons. The van der Waals surface area contributed by atoms with E-state index >= 15 is 0 Å². The summed E-state index contributed by atoms with van der Waals surface area (Å²) in [6.45, 7) is 3.20. The molecule has 1 saturated heterocycles. The molecule has 1 amide bonds. The van der Waals surface area contributed by atoms with Crippen molar-refractivity contribution in [2.24, 2.45) is 5.92 Å². The summed E-state index contributed by atoms with van der Waals surface area (Å²) in [6.07, 6.45) is 1.87. The van der Waals surface area contributed by atoms with Gasteiger partial charge < -0.3 is 5.32 Å². The summed E-state index contributed by atoms with van der Waals surface area (Å²) >= 11 is 12.2. The normalized spacial score (nSPS) is 16.9. The Balaban J connectivity index is 1.58. The fourth-order valence-electron chi connectivity index (χ4n) is 3.81. The molecule has 0 aromatic heterocycles. The summed E-state index contributed by atoms with van der Waals surface area (Å²) in [6, 6.07) is 14.8. The molecule has 1 fully saturated rings. The van der Waals surface area contributed by atoms with Gasteiger partial charge in [-0.2, -0.15) is 4.31 Å². The van der Waals surface area contributed by atoms with Crippen LogP contribution >= 0.6 is 23.2 Å². The average Bonchev–Trinajstić information content (AvgIpc) is 2.74. The monoisotopic (exact) mass is 468 g/mol. The van der Waals surface area contributed by atoms with E-state index in [1.807, 2.05) is 18.2 Å². The van der Waals surface area contributed by atoms with Gasteiger partial charge in [0.15, 0.2) is 0 Å². The molecular weight excluding hydrogens is 443 g/mol. The summed E-state index contributed by atoms with van der Waals surface area (Å²) in [5.74, 6) is 0.0432. The predicted molar refractivity (Wildman–Crippen MR) is 120 cm³/mol. The van der Waals surface area contributed by atoms with Gasteiger partial charge in [-0.15, -0.1) is 0 Å². The summed E-state index contributed by atoms with van der Waals surface area (Å²) in [7, 11) is -3.80. The predicted octanol–water partition coefficient (Wildman–Crippen LogP) is 4.70. The van der Waals surface area contributed by atoms with Gasteiger partial charge in [0, 0.05) is 31.5 Å². The molecule has 0 saturated carbocycles. The molecule has 1 N–H and O–H groups in total. The van der Waals surface area contributed by atoms with Crippen molar-refractivity contribution in [1.82, 2.24) is 9.62 Å². The van der Waals surface area contributed by atoms with Crippen LogP contribution in [0, 0.1) is 5.92 Å². The van der Waals surface area contributed by atoms with Crippen molar-refractivity contribution in [1.29, 1.82) is 0 Å². The maximum absolute atomic E-state index is 13.0. The number of piperidine rings is 1. The summed E-state index contributed by atoms with van der Waals surface area (Å²) in [4.78, 5) is 12.6. The highest BCUT2D eigenvalue weighted by Crippen LogP contribution is 2.33. The Labute approximate surface area is 188 Å². The summed E-state index contributed by atoms with van der Waals surface area (Å²) in [5.41, 5.74) is 1.21. The van der Waals surface area contributed by atoms with Gasteiger partial charge in [-0.25, -0.2) is 8.42 Å². The maximum atomic E-state index is 13.0. The molecule has 1 atom stereocenters. The number of hydrogen-bond acceptors (Lipinski definition) is 3. The Kier molecular flexibility index (Phi) is 7.80. The van der Waals surface area contributed by atoms with Gasteiger partial charge in [0.1, 0.15) is 4.90 Å². The topological polar surface area (TPSA) is 66.5 Å². The third-order valence-electron chi connectivity index (χ3n) is 5.63. The number of amides is 1. The van der Waals surface area contributed by atoms with E-state index in [2.05, 4.69) is 24.4 Å². The number of hydrogen-bond donors (Lipinski definition) is 1. The fraction of sp³-hybridized carbons (Fsp3) is 0.409. The molecule has 1 aliphatic rings. The molecule has 0 bridgehead atoms. The number of carbonyl (C=O) groups is 1. The van der Waals surface area contributed by atoms with Crippen molar-refractivity contribution in [3.63, 3.8) is 0 Å². The fourth-order valence-corrected chi connectivity index (χ4v) is 6.37. The van der Waals surface area contributed by atoms with Gasteiger partial charge in [-0.05, 0) is 37.0 Å². The number of halogens is 2. The molecule has 8 heteroatoms. The minimum absolute atomic E-state index is 0.0165. The van der Waals surface area contributed by atoms with E-state index in [0.29, 0.717) is 19.4 Å². The Bertz CT molecular complexity index is 955. The lowest BCUT2D eigenvalue weighted by Crippen LogP contribution is -2.43. The molecule has 162 valence electrons. The van der Waals surface area contributed by atoms with E-state index in [1.54, 1.807) is 6.07 Å². The number of nitrogens with zero attached hydrogens (tertiary/aromatic N) is 1. The third-order valence-corrected chi connectivity index (χ3v) is 8.48. The molecule has 2 aromatic carbocycles. The van der Waals surface area contributed by atoms with E-state index in [0.717, 1.165) is 6.42 Å². The van der Waals surface area contributed by atoms with Crippen molar-refractivity contribution in [2.75, 3.05) is 19.6 Å². The molecule has 5 nitrogen and oxygen atoms in total. The highest BCUT2D eigenvalue weighted by atomic mass is 35.5. The first-order chi connectivity index (χ1) is 14.3. The molecule has 0 aliphatic carbocycles. The van der Waals surface area contributed by atoms with Crippen molar-refractivity contribution in [3.8, 4) is 0 Å². The first kappa shape index (κ1) is 23.1. The number of sulfonamides is 1. The molecule has 1 heterocycles. The molecule has 0 unspecified atom stereocenters. The second kappa shape index (κ2) is 10.1. The SMILES string of the molecule is CC[C@H](CNC(=O)C1CCN(S(=O)(=O)c2c(Cl)cccc2Cl)CC1)c1ccccc1. The van der Waals surface area contributed by atoms with Crippen molar-refractivity contribution in [3.05, 3.63) is 64.1 Å². The standard InChI is InChI=1S/C22H26Cl2N2O3S/c1-2-16(17-7-4-3-5-8-17)15-25-22(27)18-11-13-26(14-12-18)30(28,29)21-19(23)9-6-10-20(21)24/h3-10,16,18H,2,11-15H2,1H3,(H,25,27)/t16-/m1/s1. The van der Waals surface area contributed by atoms with Crippen molar-refractivity contribution < 1.29 is 13.2 Å². The van der Waals surface area contributed by atoms with Crippen LogP contribution < -0.4 is 5.32 Å². The summed E-state index contributed by atoms with van der Waals surface area (Å²) < 4.78 is 27.3. The van der Waals surface area contributed by atoms with Crippen molar-refractivity contribution >= 4 is 39.1 Å². The highest BCUT2D eigenvalue weighted by Gasteiger charge is 2.34. The largest absolute Gasteiger partial charge is 0.355 e. The minimum Gasteiger partial charge on any atom is -0.355 e. The Morgan fingerprint density at radius 1 is 1.07 bits per heavy atom. The van der Waals surface area contributed by atoms with E-state index in [4.69, 9.17) is 23.2 Å². The van der Waals surface area contributed by atoms with Gasteiger partial charge in [0.25, 0.3) is 0 Å². The van der Waals surface area contributed by atoms with Crippen molar-refractivity contribution in [2.45, 2.75) is 37.0 Å². The van der Waals surface area contributed by atoms with Gasteiger partial charge in [-0.1, -0.05) is 66.5 Å². The van der Waals surface area contributed by atoms with Crippen LogP contribution in [-0.2, 0) is 14.8 Å². The van der Waals surface area contributed by atoms with Gasteiger partial charge in [-0.3, -0.25) is 4.79 Å². The number of carbonyl (C=O) groups excluding carboxylic acids is 1. The van der Waals surface area contributed by atoms with Crippen LogP contribution in [0.4, 0.5) is 0 Å². The zero-order valence-electron chi connectivity index (χ0n) is 16.9. The van der Waals surface area contributed by atoms with E-state index in [1.165, 1.54) is 22.0 Å². The van der Waals surface area contributed by atoms with Gasteiger partial charge in [0.2, 0.25) is 15.9 Å². The first-order valence-corrected chi connectivity index (χ1v) is 12.3. The van der Waals surface area contributed by atoms with Crippen LogP contribution in [0.15, 0.2) is 53.4 Å². The number of rotatable bonds is 7. The molecule has 3 rings (SSSR count). The van der Waals surface area contributed by atoms with E-state index in [9.17, 15) is 13.2 Å². The van der Waals surface area contributed by atoms with E-state index < -0.39 is 10.0 Å².